The zero-order chi connectivity index (χ0) is 13.9. The van der Waals surface area contributed by atoms with Gasteiger partial charge in [-0.2, -0.15) is 0 Å². The third-order valence-electron chi connectivity index (χ3n) is 3.50. The van der Waals surface area contributed by atoms with Crippen molar-refractivity contribution in [2.45, 2.75) is 32.0 Å². The first-order chi connectivity index (χ1) is 9.09. The summed E-state index contributed by atoms with van der Waals surface area (Å²) in [6.45, 7) is 1.98. The molecule has 5 heteroatoms. The lowest BCUT2D eigenvalue weighted by Crippen LogP contribution is -2.29. The summed E-state index contributed by atoms with van der Waals surface area (Å²) >= 11 is 0. The normalized spacial score (nSPS) is 24.1. The summed E-state index contributed by atoms with van der Waals surface area (Å²) in [6, 6.07) is 8.68. The van der Waals surface area contributed by atoms with Gasteiger partial charge in [0.1, 0.15) is 11.6 Å². The first-order valence-corrected chi connectivity index (χ1v) is 8.29. The molecular weight excluding hydrogens is 263 g/mol. The molecule has 1 saturated carbocycles. The minimum atomic E-state index is -3.41. The molecule has 0 amide bonds. The number of aliphatic hydroxyl groups excluding tert-OH is 1. The molecule has 0 radical (unpaired) electrons. The molecule has 0 aromatic heterocycles. The highest BCUT2D eigenvalue weighted by Crippen LogP contribution is 2.54. The second-order valence-electron chi connectivity index (χ2n) is 4.73. The summed E-state index contributed by atoms with van der Waals surface area (Å²) in [7, 11) is -3.41. The Balaban J connectivity index is 2.34. The van der Waals surface area contributed by atoms with Gasteiger partial charge in [0.05, 0.1) is 12.5 Å². The molecule has 1 aromatic rings. The molecule has 0 heterocycles. The second kappa shape index (κ2) is 6.00. The second-order valence-corrected chi connectivity index (χ2v) is 7.23. The maximum Gasteiger partial charge on any atom is 0.260 e. The van der Waals surface area contributed by atoms with Gasteiger partial charge >= 0.3 is 0 Å². The van der Waals surface area contributed by atoms with Gasteiger partial charge in [-0.15, -0.1) is 0 Å². The Labute approximate surface area is 113 Å². The van der Waals surface area contributed by atoms with Crippen molar-refractivity contribution >= 4 is 18.5 Å². The SMILES string of the molecule is CCO[P@](=O)(c1ccccc1)[C@H](O)[C@H]1CCCC1=O. The van der Waals surface area contributed by atoms with Crippen molar-refractivity contribution < 1.29 is 19.0 Å². The molecular formula is C14H19O4P. The van der Waals surface area contributed by atoms with E-state index in [0.29, 0.717) is 18.1 Å². The van der Waals surface area contributed by atoms with Gasteiger partial charge in [0.15, 0.2) is 0 Å². The summed E-state index contributed by atoms with van der Waals surface area (Å²) in [5.74, 6) is -1.80. The molecule has 1 aliphatic rings. The van der Waals surface area contributed by atoms with Crippen molar-refractivity contribution in [2.24, 2.45) is 5.92 Å². The van der Waals surface area contributed by atoms with E-state index in [0.717, 1.165) is 6.42 Å². The number of hydrogen-bond donors (Lipinski definition) is 1. The molecule has 104 valence electrons. The van der Waals surface area contributed by atoms with Crippen LogP contribution in [0, 0.1) is 5.92 Å². The van der Waals surface area contributed by atoms with E-state index in [1.54, 1.807) is 31.2 Å². The average Bonchev–Trinajstić information content (AvgIpc) is 2.85. The predicted octanol–water partition coefficient (Wildman–Crippen LogP) is 2.31. The minimum Gasteiger partial charge on any atom is -0.382 e. The van der Waals surface area contributed by atoms with Crippen molar-refractivity contribution in [2.75, 3.05) is 6.61 Å². The number of carbonyl (C=O) groups excluding carboxylic acids is 1. The Hall–Kier alpha value is -0.960. The fourth-order valence-electron chi connectivity index (χ4n) is 2.53. The smallest absolute Gasteiger partial charge is 0.260 e. The van der Waals surface area contributed by atoms with Gasteiger partial charge in [-0.3, -0.25) is 9.36 Å². The predicted molar refractivity (Wildman–Crippen MR) is 73.7 cm³/mol. The highest BCUT2D eigenvalue weighted by molar-refractivity contribution is 7.67. The summed E-state index contributed by atoms with van der Waals surface area (Å²) in [6.07, 6.45) is 1.80. The van der Waals surface area contributed by atoms with Crippen LogP contribution in [0.4, 0.5) is 0 Å². The fraction of sp³-hybridized carbons (Fsp3) is 0.500. The number of aliphatic hydroxyl groups is 1. The lowest BCUT2D eigenvalue weighted by Gasteiger charge is -2.26. The lowest BCUT2D eigenvalue weighted by atomic mass is 10.1. The van der Waals surface area contributed by atoms with Gasteiger partial charge in [0.2, 0.25) is 0 Å². The Bertz CT molecular complexity index is 485. The standard InChI is InChI=1S/C14H19O4P/c1-2-18-19(17,11-7-4-3-5-8-11)14(16)12-9-6-10-13(12)15/h3-5,7-8,12,14,16H,2,6,9-10H2,1H3/t12-,14-,19+/m0/s1. The van der Waals surface area contributed by atoms with Crippen molar-refractivity contribution in [3.05, 3.63) is 30.3 Å². The Morgan fingerprint density at radius 3 is 2.63 bits per heavy atom. The van der Waals surface area contributed by atoms with E-state index in [-0.39, 0.29) is 12.4 Å². The quantitative estimate of drug-likeness (QED) is 0.842. The molecule has 3 atom stereocenters. The van der Waals surface area contributed by atoms with Crippen molar-refractivity contribution in [1.29, 1.82) is 0 Å². The van der Waals surface area contributed by atoms with Gasteiger partial charge in [-0.1, -0.05) is 18.2 Å². The van der Waals surface area contributed by atoms with E-state index in [1.807, 2.05) is 6.07 Å². The number of Topliss-reactive ketones (excluding diaryl/α,β-unsaturated/α-hetero) is 1. The molecule has 2 rings (SSSR count). The number of rotatable bonds is 5. The van der Waals surface area contributed by atoms with Crippen LogP contribution in [0.25, 0.3) is 0 Å². The Morgan fingerprint density at radius 1 is 1.42 bits per heavy atom. The van der Waals surface area contributed by atoms with Crippen LogP contribution in [0.3, 0.4) is 0 Å². The van der Waals surface area contributed by atoms with Gasteiger partial charge in [0.25, 0.3) is 7.37 Å². The van der Waals surface area contributed by atoms with E-state index in [9.17, 15) is 14.5 Å². The van der Waals surface area contributed by atoms with Crippen LogP contribution in [-0.2, 0) is 13.9 Å². The van der Waals surface area contributed by atoms with Crippen LogP contribution in [0.2, 0.25) is 0 Å². The zero-order valence-corrected chi connectivity index (χ0v) is 11.9. The van der Waals surface area contributed by atoms with E-state index in [1.165, 1.54) is 0 Å². The van der Waals surface area contributed by atoms with E-state index < -0.39 is 19.1 Å². The van der Waals surface area contributed by atoms with Crippen LogP contribution in [0.5, 0.6) is 0 Å². The molecule has 0 aliphatic heterocycles. The monoisotopic (exact) mass is 282 g/mol. The lowest BCUT2D eigenvalue weighted by molar-refractivity contribution is -0.122. The van der Waals surface area contributed by atoms with Gasteiger partial charge in [0, 0.05) is 11.7 Å². The number of hydrogen-bond acceptors (Lipinski definition) is 4. The van der Waals surface area contributed by atoms with Crippen molar-refractivity contribution in [3.8, 4) is 0 Å². The van der Waals surface area contributed by atoms with E-state index >= 15 is 0 Å². The number of carbonyl (C=O) groups is 1. The Kier molecular flexibility index (Phi) is 4.56. The van der Waals surface area contributed by atoms with E-state index in [2.05, 4.69) is 0 Å². The summed E-state index contributed by atoms with van der Waals surface area (Å²) in [5, 5.41) is 10.9. The molecule has 4 nitrogen and oxygen atoms in total. The van der Waals surface area contributed by atoms with Crippen LogP contribution in [0.15, 0.2) is 30.3 Å². The van der Waals surface area contributed by atoms with Gasteiger partial charge in [-0.25, -0.2) is 0 Å². The van der Waals surface area contributed by atoms with Crippen molar-refractivity contribution in [3.63, 3.8) is 0 Å². The molecule has 1 fully saturated rings. The maximum atomic E-state index is 13.0. The van der Waals surface area contributed by atoms with Crippen LogP contribution < -0.4 is 5.30 Å². The van der Waals surface area contributed by atoms with Crippen LogP contribution in [-0.4, -0.2) is 23.3 Å². The first-order valence-electron chi connectivity index (χ1n) is 6.60. The summed E-state index contributed by atoms with van der Waals surface area (Å²) < 4.78 is 18.4. The molecule has 1 aliphatic carbocycles. The van der Waals surface area contributed by atoms with Crippen molar-refractivity contribution in [1.82, 2.24) is 0 Å². The van der Waals surface area contributed by atoms with Gasteiger partial charge in [-0.05, 0) is 31.9 Å². The molecule has 19 heavy (non-hydrogen) atoms. The fourth-order valence-corrected chi connectivity index (χ4v) is 4.89. The Morgan fingerprint density at radius 2 is 2.11 bits per heavy atom. The maximum absolute atomic E-state index is 13.0. The number of ketones is 1. The third kappa shape index (κ3) is 2.81. The highest BCUT2D eigenvalue weighted by atomic mass is 31.2. The molecule has 0 saturated heterocycles. The van der Waals surface area contributed by atoms with Gasteiger partial charge < -0.3 is 9.63 Å². The summed E-state index contributed by atoms with van der Waals surface area (Å²) in [5.41, 5.74) is 0. The number of benzene rings is 1. The molecule has 1 aromatic carbocycles. The molecule has 1 N–H and O–H groups in total. The first kappa shape index (κ1) is 14.4. The molecule has 0 bridgehead atoms. The molecule has 0 unspecified atom stereocenters. The van der Waals surface area contributed by atoms with Crippen LogP contribution >= 0.6 is 7.37 Å². The summed E-state index contributed by atoms with van der Waals surface area (Å²) in [4.78, 5) is 11.8. The molecule has 0 spiro atoms. The van der Waals surface area contributed by atoms with E-state index in [4.69, 9.17) is 4.52 Å². The van der Waals surface area contributed by atoms with Crippen LogP contribution in [0.1, 0.15) is 26.2 Å². The largest absolute Gasteiger partial charge is 0.382 e. The minimum absolute atomic E-state index is 0.0108. The highest BCUT2D eigenvalue weighted by Gasteiger charge is 2.44. The average molecular weight is 282 g/mol. The zero-order valence-electron chi connectivity index (χ0n) is 11.0. The topological polar surface area (TPSA) is 63.6 Å². The third-order valence-corrected chi connectivity index (χ3v) is 6.21.